The maximum absolute atomic E-state index is 13.1. The van der Waals surface area contributed by atoms with Crippen LogP contribution in [-0.2, 0) is 6.61 Å². The number of rotatable bonds is 2. The summed E-state index contributed by atoms with van der Waals surface area (Å²) in [6.45, 7) is -0.404. The molecule has 1 rings (SSSR count). The van der Waals surface area contributed by atoms with Gasteiger partial charge in [0.15, 0.2) is 11.6 Å². The smallest absolute Gasteiger partial charge is 0.202 e. The summed E-state index contributed by atoms with van der Waals surface area (Å²) >= 11 is 2.82. The zero-order chi connectivity index (χ0) is 10.0. The molecule has 0 amide bonds. The molecule has 5 heteroatoms. The Bertz CT molecular complexity index is 328. The van der Waals surface area contributed by atoms with Crippen LogP contribution in [0.5, 0.6) is 5.75 Å². The van der Waals surface area contributed by atoms with Crippen LogP contribution in [0.3, 0.4) is 0 Å². The molecule has 0 radical (unpaired) electrons. The molecule has 0 saturated carbocycles. The van der Waals surface area contributed by atoms with Gasteiger partial charge in [-0.05, 0) is 22.0 Å². The van der Waals surface area contributed by atoms with E-state index in [1.165, 1.54) is 13.2 Å². The standard InChI is InChI=1S/C8H7BrF2O2/c1-13-8-4(3-12)2-5(9)6(10)7(8)11/h2,12H,3H2,1H3. The third-order valence-corrected chi connectivity index (χ3v) is 2.15. The van der Waals surface area contributed by atoms with Gasteiger partial charge in [0.1, 0.15) is 0 Å². The maximum Gasteiger partial charge on any atom is 0.202 e. The summed E-state index contributed by atoms with van der Waals surface area (Å²) in [4.78, 5) is 0. The molecule has 1 N–H and O–H groups in total. The lowest BCUT2D eigenvalue weighted by molar-refractivity contribution is 0.269. The van der Waals surface area contributed by atoms with Crippen molar-refractivity contribution in [2.45, 2.75) is 6.61 Å². The minimum absolute atomic E-state index is 0.0325. The molecule has 0 aliphatic rings. The average Bonchev–Trinajstić information content (AvgIpc) is 2.13. The van der Waals surface area contributed by atoms with Crippen molar-refractivity contribution >= 4 is 15.9 Å². The second-order valence-electron chi connectivity index (χ2n) is 2.34. The second-order valence-corrected chi connectivity index (χ2v) is 3.19. The number of aliphatic hydroxyl groups excluding tert-OH is 1. The molecule has 72 valence electrons. The van der Waals surface area contributed by atoms with Crippen molar-refractivity contribution in [3.8, 4) is 5.75 Å². The third-order valence-electron chi connectivity index (χ3n) is 1.57. The molecule has 1 aromatic carbocycles. The normalized spacial score (nSPS) is 10.2. The highest BCUT2D eigenvalue weighted by Gasteiger charge is 2.17. The summed E-state index contributed by atoms with van der Waals surface area (Å²) in [6, 6.07) is 1.28. The molecular formula is C8H7BrF2O2. The Morgan fingerprint density at radius 2 is 2.08 bits per heavy atom. The molecule has 2 nitrogen and oxygen atoms in total. The summed E-state index contributed by atoms with van der Waals surface area (Å²) in [7, 11) is 1.21. The van der Waals surface area contributed by atoms with E-state index in [0.717, 1.165) is 0 Å². The zero-order valence-electron chi connectivity index (χ0n) is 6.77. The van der Waals surface area contributed by atoms with E-state index in [0.29, 0.717) is 0 Å². The first-order chi connectivity index (χ1) is 6.11. The average molecular weight is 253 g/mol. The number of benzene rings is 1. The number of halogens is 3. The minimum atomic E-state index is -1.10. The fourth-order valence-corrected chi connectivity index (χ4v) is 1.42. The molecule has 0 saturated heterocycles. The summed E-state index contributed by atoms with van der Waals surface area (Å²) in [5.74, 6) is -2.38. The lowest BCUT2D eigenvalue weighted by Crippen LogP contribution is -1.99. The Morgan fingerprint density at radius 3 is 2.54 bits per heavy atom. The molecule has 0 heterocycles. The fraction of sp³-hybridized carbons (Fsp3) is 0.250. The van der Waals surface area contributed by atoms with E-state index in [4.69, 9.17) is 5.11 Å². The molecule has 0 spiro atoms. The highest BCUT2D eigenvalue weighted by atomic mass is 79.9. The maximum atomic E-state index is 13.1. The van der Waals surface area contributed by atoms with Crippen molar-refractivity contribution in [3.63, 3.8) is 0 Å². The molecular weight excluding hydrogens is 246 g/mol. The highest BCUT2D eigenvalue weighted by molar-refractivity contribution is 9.10. The van der Waals surface area contributed by atoms with Gasteiger partial charge in [0.25, 0.3) is 0 Å². The van der Waals surface area contributed by atoms with E-state index in [-0.39, 0.29) is 15.8 Å². The topological polar surface area (TPSA) is 29.5 Å². The van der Waals surface area contributed by atoms with Crippen LogP contribution in [-0.4, -0.2) is 12.2 Å². The summed E-state index contributed by atoms with van der Waals surface area (Å²) in [5.41, 5.74) is 0.202. The Morgan fingerprint density at radius 1 is 1.46 bits per heavy atom. The van der Waals surface area contributed by atoms with Crippen molar-refractivity contribution in [2.75, 3.05) is 7.11 Å². The first-order valence-electron chi connectivity index (χ1n) is 3.43. The fourth-order valence-electron chi connectivity index (χ4n) is 0.966. The van der Waals surface area contributed by atoms with Gasteiger partial charge in [-0.1, -0.05) is 0 Å². The summed E-state index contributed by atoms with van der Waals surface area (Å²) in [5, 5.41) is 8.80. The number of hydrogen-bond donors (Lipinski definition) is 1. The van der Waals surface area contributed by atoms with Gasteiger partial charge < -0.3 is 9.84 Å². The predicted molar refractivity (Wildman–Crippen MR) is 46.5 cm³/mol. The van der Waals surface area contributed by atoms with E-state index in [1.54, 1.807) is 0 Å². The van der Waals surface area contributed by atoms with Gasteiger partial charge in [-0.3, -0.25) is 0 Å². The van der Waals surface area contributed by atoms with E-state index < -0.39 is 18.2 Å². The molecule has 0 bridgehead atoms. The quantitative estimate of drug-likeness (QED) is 0.819. The Labute approximate surface area is 82.3 Å². The van der Waals surface area contributed by atoms with Crippen LogP contribution < -0.4 is 4.74 Å². The van der Waals surface area contributed by atoms with Crippen LogP contribution in [0, 0.1) is 11.6 Å². The monoisotopic (exact) mass is 252 g/mol. The number of aliphatic hydroxyl groups is 1. The van der Waals surface area contributed by atoms with Crippen molar-refractivity contribution in [2.24, 2.45) is 0 Å². The Balaban J connectivity index is 3.39. The van der Waals surface area contributed by atoms with Gasteiger partial charge in [-0.25, -0.2) is 4.39 Å². The molecule has 0 aromatic heterocycles. The first-order valence-corrected chi connectivity index (χ1v) is 4.22. The third kappa shape index (κ3) is 1.81. The van der Waals surface area contributed by atoms with Gasteiger partial charge in [-0.15, -0.1) is 0 Å². The van der Waals surface area contributed by atoms with Crippen molar-refractivity contribution < 1.29 is 18.6 Å². The molecule has 1 aromatic rings. The van der Waals surface area contributed by atoms with Crippen LogP contribution >= 0.6 is 15.9 Å². The second kappa shape index (κ2) is 4.02. The SMILES string of the molecule is COc1c(CO)cc(Br)c(F)c1F. The zero-order valence-corrected chi connectivity index (χ0v) is 8.36. The van der Waals surface area contributed by atoms with Crippen molar-refractivity contribution in [1.29, 1.82) is 0 Å². The highest BCUT2D eigenvalue weighted by Crippen LogP contribution is 2.30. The van der Waals surface area contributed by atoms with Gasteiger partial charge in [-0.2, -0.15) is 4.39 Å². The van der Waals surface area contributed by atoms with E-state index in [9.17, 15) is 8.78 Å². The van der Waals surface area contributed by atoms with Crippen molar-refractivity contribution in [3.05, 3.63) is 27.7 Å². The Hall–Kier alpha value is -0.680. The number of methoxy groups -OCH3 is 1. The van der Waals surface area contributed by atoms with Gasteiger partial charge in [0.2, 0.25) is 5.82 Å². The summed E-state index contributed by atoms with van der Waals surface area (Å²) < 4.78 is 30.6. The van der Waals surface area contributed by atoms with E-state index >= 15 is 0 Å². The van der Waals surface area contributed by atoms with Gasteiger partial charge >= 0.3 is 0 Å². The molecule has 0 atom stereocenters. The van der Waals surface area contributed by atoms with Crippen LogP contribution in [0.1, 0.15) is 5.56 Å². The van der Waals surface area contributed by atoms with Crippen LogP contribution in [0.2, 0.25) is 0 Å². The largest absolute Gasteiger partial charge is 0.493 e. The van der Waals surface area contributed by atoms with E-state index in [1.807, 2.05) is 0 Å². The van der Waals surface area contributed by atoms with E-state index in [2.05, 4.69) is 20.7 Å². The number of hydrogen-bond acceptors (Lipinski definition) is 2. The Kier molecular flexibility index (Phi) is 3.22. The van der Waals surface area contributed by atoms with Gasteiger partial charge in [0.05, 0.1) is 18.2 Å². The van der Waals surface area contributed by atoms with Crippen molar-refractivity contribution in [1.82, 2.24) is 0 Å². The first kappa shape index (κ1) is 10.4. The minimum Gasteiger partial charge on any atom is -0.493 e. The molecule has 0 unspecified atom stereocenters. The lowest BCUT2D eigenvalue weighted by atomic mass is 10.2. The van der Waals surface area contributed by atoms with Crippen LogP contribution in [0.4, 0.5) is 8.78 Å². The molecule has 0 aliphatic heterocycles. The predicted octanol–water partition coefficient (Wildman–Crippen LogP) is 2.23. The molecule has 0 aliphatic carbocycles. The number of ether oxygens (including phenoxy) is 1. The molecule has 0 fully saturated rings. The lowest BCUT2D eigenvalue weighted by Gasteiger charge is -2.08. The summed E-state index contributed by atoms with van der Waals surface area (Å²) in [6.07, 6.45) is 0. The van der Waals surface area contributed by atoms with Gasteiger partial charge in [0, 0.05) is 5.56 Å². The van der Waals surface area contributed by atoms with Crippen LogP contribution in [0.15, 0.2) is 10.5 Å². The van der Waals surface area contributed by atoms with Crippen LogP contribution in [0.25, 0.3) is 0 Å². The molecule has 13 heavy (non-hydrogen) atoms.